The Labute approximate surface area is 102 Å². The zero-order valence-electron chi connectivity index (χ0n) is 10.1. The minimum Gasteiger partial charge on any atom is -0.461 e. The molecule has 1 aliphatic rings. The molecule has 1 fully saturated rings. The molecule has 1 aromatic carbocycles. The van der Waals surface area contributed by atoms with Gasteiger partial charge in [0.25, 0.3) is 0 Å². The summed E-state index contributed by atoms with van der Waals surface area (Å²) in [5, 5.41) is 3.33. The fourth-order valence-corrected chi connectivity index (χ4v) is 2.03. The first kappa shape index (κ1) is 11.9. The first-order valence-corrected chi connectivity index (χ1v) is 5.94. The first-order valence-electron chi connectivity index (χ1n) is 5.94. The zero-order valence-corrected chi connectivity index (χ0v) is 10.1. The molecule has 0 spiro atoms. The van der Waals surface area contributed by atoms with E-state index in [2.05, 4.69) is 16.3 Å². The van der Waals surface area contributed by atoms with Crippen LogP contribution in [0.4, 0.5) is 5.69 Å². The van der Waals surface area contributed by atoms with E-state index in [9.17, 15) is 4.79 Å². The van der Waals surface area contributed by atoms with Gasteiger partial charge in [0, 0.05) is 44.4 Å². The van der Waals surface area contributed by atoms with Crippen LogP contribution in [0.25, 0.3) is 0 Å². The number of carbonyl (C=O) groups is 1. The molecule has 0 radical (unpaired) electrons. The van der Waals surface area contributed by atoms with Crippen LogP contribution in [0.2, 0.25) is 0 Å². The minimum atomic E-state index is -0.236. The largest absolute Gasteiger partial charge is 0.461 e. The molecule has 4 nitrogen and oxygen atoms in total. The Morgan fingerprint density at radius 3 is 2.76 bits per heavy atom. The minimum absolute atomic E-state index is 0.236. The van der Waals surface area contributed by atoms with E-state index in [1.165, 1.54) is 12.6 Å². The molecule has 0 aliphatic carbocycles. The molecule has 0 amide bonds. The van der Waals surface area contributed by atoms with E-state index in [0.29, 0.717) is 6.61 Å². The molecule has 17 heavy (non-hydrogen) atoms. The van der Waals surface area contributed by atoms with Crippen molar-refractivity contribution in [2.45, 2.75) is 13.5 Å². The van der Waals surface area contributed by atoms with Crippen molar-refractivity contribution in [2.24, 2.45) is 0 Å². The molecular formula is C13H18N2O2. The van der Waals surface area contributed by atoms with Gasteiger partial charge < -0.3 is 15.0 Å². The number of piperazine rings is 1. The number of para-hydroxylation sites is 1. The average Bonchev–Trinajstić information content (AvgIpc) is 2.38. The number of rotatable bonds is 3. The quantitative estimate of drug-likeness (QED) is 0.797. The number of esters is 1. The summed E-state index contributed by atoms with van der Waals surface area (Å²) in [5.41, 5.74) is 2.25. The predicted molar refractivity (Wildman–Crippen MR) is 67.0 cm³/mol. The Morgan fingerprint density at radius 1 is 1.35 bits per heavy atom. The third kappa shape index (κ3) is 3.20. The number of hydrogen-bond donors (Lipinski definition) is 1. The second-order valence-electron chi connectivity index (χ2n) is 4.15. The lowest BCUT2D eigenvalue weighted by Crippen LogP contribution is -2.43. The van der Waals surface area contributed by atoms with Gasteiger partial charge in [-0.1, -0.05) is 18.2 Å². The van der Waals surface area contributed by atoms with Crippen molar-refractivity contribution in [3.05, 3.63) is 29.8 Å². The third-order valence-electron chi connectivity index (χ3n) is 2.88. The van der Waals surface area contributed by atoms with Gasteiger partial charge >= 0.3 is 5.97 Å². The van der Waals surface area contributed by atoms with Crippen molar-refractivity contribution in [3.8, 4) is 0 Å². The number of hydrogen-bond acceptors (Lipinski definition) is 4. The molecule has 0 unspecified atom stereocenters. The highest BCUT2D eigenvalue weighted by atomic mass is 16.5. The van der Waals surface area contributed by atoms with E-state index < -0.39 is 0 Å². The Morgan fingerprint density at radius 2 is 2.06 bits per heavy atom. The zero-order chi connectivity index (χ0) is 12.1. The standard InChI is InChI=1S/C13H18N2O2/c1-11(16)17-10-12-4-2-3-5-13(12)15-8-6-14-7-9-15/h2-5,14H,6-10H2,1H3. The number of nitrogens with zero attached hydrogens (tertiary/aromatic N) is 1. The predicted octanol–water partition coefficient (Wildman–Crippen LogP) is 1.16. The van der Waals surface area contributed by atoms with E-state index in [4.69, 9.17) is 4.74 Å². The van der Waals surface area contributed by atoms with Crippen LogP contribution in [-0.2, 0) is 16.1 Å². The lowest BCUT2D eigenvalue weighted by molar-refractivity contribution is -0.142. The highest BCUT2D eigenvalue weighted by Crippen LogP contribution is 2.21. The molecule has 1 saturated heterocycles. The maximum atomic E-state index is 10.9. The van der Waals surface area contributed by atoms with Gasteiger partial charge in [-0.2, -0.15) is 0 Å². The van der Waals surface area contributed by atoms with Crippen LogP contribution in [0.5, 0.6) is 0 Å². The summed E-state index contributed by atoms with van der Waals surface area (Å²) in [6, 6.07) is 8.10. The number of carbonyl (C=O) groups excluding carboxylic acids is 1. The van der Waals surface area contributed by atoms with Crippen LogP contribution in [-0.4, -0.2) is 32.1 Å². The Balaban J connectivity index is 2.11. The summed E-state index contributed by atoms with van der Waals surface area (Å²) in [7, 11) is 0. The number of nitrogens with one attached hydrogen (secondary N) is 1. The lowest BCUT2D eigenvalue weighted by atomic mass is 10.1. The van der Waals surface area contributed by atoms with Gasteiger partial charge in [-0.3, -0.25) is 4.79 Å². The SMILES string of the molecule is CC(=O)OCc1ccccc1N1CCNCC1. The van der Waals surface area contributed by atoms with Gasteiger partial charge in [-0.25, -0.2) is 0 Å². The molecule has 4 heteroatoms. The summed E-state index contributed by atoms with van der Waals surface area (Å²) in [5.74, 6) is -0.236. The first-order chi connectivity index (χ1) is 8.27. The molecule has 2 rings (SSSR count). The Bertz CT molecular complexity index is 387. The maximum absolute atomic E-state index is 10.9. The second kappa shape index (κ2) is 5.68. The van der Waals surface area contributed by atoms with E-state index in [0.717, 1.165) is 31.7 Å². The molecule has 1 aromatic rings. The highest BCUT2D eigenvalue weighted by molar-refractivity contribution is 5.66. The molecule has 1 N–H and O–H groups in total. The van der Waals surface area contributed by atoms with Gasteiger partial charge in [-0.15, -0.1) is 0 Å². The van der Waals surface area contributed by atoms with Crippen LogP contribution < -0.4 is 10.2 Å². The molecule has 0 atom stereocenters. The van der Waals surface area contributed by atoms with Crippen molar-refractivity contribution < 1.29 is 9.53 Å². The normalized spacial score (nSPS) is 15.7. The summed E-state index contributed by atoms with van der Waals surface area (Å²) in [4.78, 5) is 13.2. The van der Waals surface area contributed by atoms with E-state index in [-0.39, 0.29) is 5.97 Å². The summed E-state index contributed by atoms with van der Waals surface area (Å²) in [6.45, 7) is 5.79. The van der Waals surface area contributed by atoms with Crippen LogP contribution in [0.1, 0.15) is 12.5 Å². The smallest absolute Gasteiger partial charge is 0.302 e. The summed E-state index contributed by atoms with van der Waals surface area (Å²) in [6.07, 6.45) is 0. The average molecular weight is 234 g/mol. The lowest BCUT2D eigenvalue weighted by Gasteiger charge is -2.31. The van der Waals surface area contributed by atoms with Gasteiger partial charge in [0.15, 0.2) is 0 Å². The molecule has 0 bridgehead atoms. The second-order valence-corrected chi connectivity index (χ2v) is 4.15. The van der Waals surface area contributed by atoms with Gasteiger partial charge in [0.05, 0.1) is 0 Å². The van der Waals surface area contributed by atoms with E-state index >= 15 is 0 Å². The summed E-state index contributed by atoms with van der Waals surface area (Å²) >= 11 is 0. The molecule has 92 valence electrons. The van der Waals surface area contributed by atoms with Crippen LogP contribution in [0.15, 0.2) is 24.3 Å². The van der Waals surface area contributed by atoms with E-state index in [1.807, 2.05) is 18.2 Å². The number of anilines is 1. The molecule has 1 aliphatic heterocycles. The highest BCUT2D eigenvalue weighted by Gasteiger charge is 2.13. The molecular weight excluding hydrogens is 216 g/mol. The van der Waals surface area contributed by atoms with Crippen molar-refractivity contribution >= 4 is 11.7 Å². The fraction of sp³-hybridized carbons (Fsp3) is 0.462. The monoisotopic (exact) mass is 234 g/mol. The van der Waals surface area contributed by atoms with Gasteiger partial charge in [0.1, 0.15) is 6.61 Å². The third-order valence-corrected chi connectivity index (χ3v) is 2.88. The molecule has 0 saturated carbocycles. The summed E-state index contributed by atoms with van der Waals surface area (Å²) < 4.78 is 5.08. The van der Waals surface area contributed by atoms with Crippen LogP contribution in [0.3, 0.4) is 0 Å². The van der Waals surface area contributed by atoms with Crippen LogP contribution in [0, 0.1) is 0 Å². The molecule has 1 heterocycles. The van der Waals surface area contributed by atoms with Crippen molar-refractivity contribution in [3.63, 3.8) is 0 Å². The topological polar surface area (TPSA) is 41.6 Å². The Kier molecular flexibility index (Phi) is 3.98. The van der Waals surface area contributed by atoms with E-state index in [1.54, 1.807) is 0 Å². The van der Waals surface area contributed by atoms with Crippen molar-refractivity contribution in [2.75, 3.05) is 31.1 Å². The van der Waals surface area contributed by atoms with Gasteiger partial charge in [-0.05, 0) is 6.07 Å². The van der Waals surface area contributed by atoms with Gasteiger partial charge in [0.2, 0.25) is 0 Å². The Hall–Kier alpha value is -1.55. The molecule has 0 aromatic heterocycles. The van der Waals surface area contributed by atoms with Crippen molar-refractivity contribution in [1.82, 2.24) is 5.32 Å². The fourth-order valence-electron chi connectivity index (χ4n) is 2.03. The van der Waals surface area contributed by atoms with Crippen LogP contribution >= 0.6 is 0 Å². The van der Waals surface area contributed by atoms with Crippen molar-refractivity contribution in [1.29, 1.82) is 0 Å². The maximum Gasteiger partial charge on any atom is 0.302 e. The number of ether oxygens (including phenoxy) is 1. The number of benzene rings is 1.